The number of allylic oxidation sites excluding steroid dienone is 4. The van der Waals surface area contributed by atoms with Crippen LogP contribution in [0.1, 0.15) is 53.4 Å². The molecule has 4 rings (SSSR count). The van der Waals surface area contributed by atoms with Gasteiger partial charge in [-0.2, -0.15) is 0 Å². The lowest BCUT2D eigenvalue weighted by Crippen LogP contribution is -2.56. The highest BCUT2D eigenvalue weighted by Gasteiger charge is 2.65. The maximum Gasteiger partial charge on any atom is 0.178 e. The Kier molecular flexibility index (Phi) is 4.72. The van der Waals surface area contributed by atoms with E-state index >= 15 is 0 Å². The minimum Gasteiger partial charge on any atom is -0.393 e. The summed E-state index contributed by atoms with van der Waals surface area (Å²) in [5.41, 5.74) is 0.478. The second-order valence-corrected chi connectivity index (χ2v) is 9.90. The fourth-order valence-corrected chi connectivity index (χ4v) is 7.43. The molecule has 9 unspecified atom stereocenters. The van der Waals surface area contributed by atoms with E-state index in [1.165, 1.54) is 0 Å². The molecule has 0 spiro atoms. The van der Waals surface area contributed by atoms with Gasteiger partial charge in [0.05, 0.1) is 12.2 Å². The molecule has 0 radical (unpaired) electrons. The van der Waals surface area contributed by atoms with Crippen LogP contribution in [0.2, 0.25) is 0 Å². The molecule has 0 saturated heterocycles. The SMILES string of the molecule is CC(=O)C1C(OC(C)O)CC2C3CCC4=CC(=O)C=CC4(C)C3C(O)CC21C. The molecule has 154 valence electrons. The molecule has 4 aliphatic carbocycles. The molecule has 28 heavy (non-hydrogen) atoms. The molecule has 2 N–H and O–H groups in total. The highest BCUT2D eigenvalue weighted by molar-refractivity contribution is 6.01. The van der Waals surface area contributed by atoms with E-state index in [9.17, 15) is 19.8 Å². The first-order chi connectivity index (χ1) is 13.1. The quantitative estimate of drug-likeness (QED) is 0.727. The highest BCUT2D eigenvalue weighted by Crippen LogP contribution is 2.66. The van der Waals surface area contributed by atoms with E-state index in [0.717, 1.165) is 24.8 Å². The van der Waals surface area contributed by atoms with Gasteiger partial charge in [0.1, 0.15) is 5.78 Å². The van der Waals surface area contributed by atoms with Crippen LogP contribution in [-0.2, 0) is 14.3 Å². The topological polar surface area (TPSA) is 83.8 Å². The number of hydrogen-bond donors (Lipinski definition) is 2. The van der Waals surface area contributed by atoms with Crippen LogP contribution >= 0.6 is 0 Å². The smallest absolute Gasteiger partial charge is 0.178 e. The van der Waals surface area contributed by atoms with Gasteiger partial charge < -0.3 is 14.9 Å². The molecule has 4 aliphatic rings. The molecule has 9 atom stereocenters. The molecule has 0 amide bonds. The number of carbonyl (C=O) groups excluding carboxylic acids is 2. The number of Topliss-reactive ketones (excluding diaryl/α,β-unsaturated/α-hetero) is 1. The van der Waals surface area contributed by atoms with Crippen molar-refractivity contribution in [1.29, 1.82) is 0 Å². The maximum atomic E-state index is 12.6. The van der Waals surface area contributed by atoms with Gasteiger partial charge in [0, 0.05) is 17.3 Å². The lowest BCUT2D eigenvalue weighted by atomic mass is 9.46. The zero-order chi connectivity index (χ0) is 20.4. The Bertz CT molecular complexity index is 752. The summed E-state index contributed by atoms with van der Waals surface area (Å²) in [7, 11) is 0. The predicted octanol–water partition coefficient (Wildman–Crippen LogP) is 2.80. The van der Waals surface area contributed by atoms with Crippen LogP contribution in [0.25, 0.3) is 0 Å². The Morgan fingerprint density at radius 2 is 2.07 bits per heavy atom. The number of fused-ring (bicyclic) bond motifs is 5. The number of aliphatic hydroxyl groups is 2. The Hall–Kier alpha value is -1.30. The molecule has 0 aliphatic heterocycles. The predicted molar refractivity (Wildman–Crippen MR) is 104 cm³/mol. The van der Waals surface area contributed by atoms with Gasteiger partial charge in [0.15, 0.2) is 12.1 Å². The fourth-order valence-electron chi connectivity index (χ4n) is 7.43. The van der Waals surface area contributed by atoms with E-state index in [2.05, 4.69) is 13.8 Å². The summed E-state index contributed by atoms with van der Waals surface area (Å²) < 4.78 is 5.79. The van der Waals surface area contributed by atoms with Gasteiger partial charge in [0.25, 0.3) is 0 Å². The lowest BCUT2D eigenvalue weighted by Gasteiger charge is -2.58. The van der Waals surface area contributed by atoms with Crippen molar-refractivity contribution in [2.75, 3.05) is 0 Å². The van der Waals surface area contributed by atoms with E-state index in [1.807, 2.05) is 6.08 Å². The molecule has 0 bridgehead atoms. The highest BCUT2D eigenvalue weighted by atomic mass is 16.6. The summed E-state index contributed by atoms with van der Waals surface area (Å²) in [6.45, 7) is 7.46. The zero-order valence-electron chi connectivity index (χ0n) is 17.2. The van der Waals surface area contributed by atoms with Crippen molar-refractivity contribution in [3.8, 4) is 0 Å². The molecule has 0 aromatic carbocycles. The second kappa shape index (κ2) is 6.61. The molecular weight excluding hydrogens is 356 g/mol. The van der Waals surface area contributed by atoms with Crippen molar-refractivity contribution in [2.45, 2.75) is 71.9 Å². The lowest BCUT2D eigenvalue weighted by molar-refractivity contribution is -0.157. The van der Waals surface area contributed by atoms with Crippen molar-refractivity contribution in [2.24, 2.45) is 34.5 Å². The molecular formula is C23H32O5. The van der Waals surface area contributed by atoms with Crippen LogP contribution in [0.3, 0.4) is 0 Å². The summed E-state index contributed by atoms with van der Waals surface area (Å²) in [4.78, 5) is 24.5. The number of rotatable bonds is 3. The van der Waals surface area contributed by atoms with Crippen molar-refractivity contribution in [1.82, 2.24) is 0 Å². The van der Waals surface area contributed by atoms with Gasteiger partial charge >= 0.3 is 0 Å². The number of carbonyl (C=O) groups is 2. The average Bonchev–Trinajstić information content (AvgIpc) is 2.85. The first-order valence-electron chi connectivity index (χ1n) is 10.5. The normalized spacial score (nSPS) is 48.4. The standard InChI is InChI=1S/C23H32O5/c1-12(24)20-19(28-13(2)25)10-17-16-6-5-14-9-15(26)7-8-22(14,3)21(16)18(27)11-23(17,20)4/h7-9,13,16-21,25,27H,5-6,10-11H2,1-4H3. The molecule has 3 saturated carbocycles. The largest absolute Gasteiger partial charge is 0.393 e. The van der Waals surface area contributed by atoms with E-state index < -0.39 is 12.4 Å². The number of hydrogen-bond acceptors (Lipinski definition) is 5. The van der Waals surface area contributed by atoms with Crippen molar-refractivity contribution in [3.05, 3.63) is 23.8 Å². The number of ether oxygens (including phenoxy) is 1. The molecule has 5 heteroatoms. The Morgan fingerprint density at radius 1 is 1.36 bits per heavy atom. The van der Waals surface area contributed by atoms with E-state index in [4.69, 9.17) is 4.74 Å². The average molecular weight is 389 g/mol. The second-order valence-electron chi connectivity index (χ2n) is 9.90. The van der Waals surface area contributed by atoms with E-state index in [0.29, 0.717) is 6.42 Å². The Morgan fingerprint density at radius 3 is 2.71 bits per heavy atom. The fraction of sp³-hybridized carbons (Fsp3) is 0.739. The molecule has 0 heterocycles. The third kappa shape index (κ3) is 2.78. The van der Waals surface area contributed by atoms with Crippen LogP contribution < -0.4 is 0 Å². The molecule has 0 aromatic heterocycles. The van der Waals surface area contributed by atoms with E-state index in [-0.39, 0.29) is 52.2 Å². The summed E-state index contributed by atoms with van der Waals surface area (Å²) in [5.74, 6) is 0.348. The molecule has 5 nitrogen and oxygen atoms in total. The Balaban J connectivity index is 1.73. The van der Waals surface area contributed by atoms with Crippen LogP contribution in [-0.4, -0.2) is 40.3 Å². The van der Waals surface area contributed by atoms with Crippen LogP contribution in [0.15, 0.2) is 23.8 Å². The molecule has 3 fully saturated rings. The summed E-state index contributed by atoms with van der Waals surface area (Å²) >= 11 is 0. The van der Waals surface area contributed by atoms with Crippen LogP contribution in [0.4, 0.5) is 0 Å². The third-order valence-corrected chi connectivity index (χ3v) is 8.31. The summed E-state index contributed by atoms with van der Waals surface area (Å²) in [5, 5.41) is 21.1. The van der Waals surface area contributed by atoms with Crippen molar-refractivity contribution >= 4 is 11.6 Å². The first-order valence-corrected chi connectivity index (χ1v) is 10.5. The zero-order valence-corrected chi connectivity index (χ0v) is 17.2. The number of ketones is 2. The van der Waals surface area contributed by atoms with E-state index in [1.54, 1.807) is 26.0 Å². The van der Waals surface area contributed by atoms with Crippen molar-refractivity contribution in [3.63, 3.8) is 0 Å². The van der Waals surface area contributed by atoms with Crippen LogP contribution in [0, 0.1) is 34.5 Å². The van der Waals surface area contributed by atoms with Gasteiger partial charge in [0.2, 0.25) is 0 Å². The van der Waals surface area contributed by atoms with Crippen molar-refractivity contribution < 1.29 is 24.5 Å². The van der Waals surface area contributed by atoms with Gasteiger partial charge in [-0.05, 0) is 68.9 Å². The number of aliphatic hydroxyl groups excluding tert-OH is 2. The summed E-state index contributed by atoms with van der Waals surface area (Å²) in [6.07, 6.45) is 6.66. The van der Waals surface area contributed by atoms with Gasteiger partial charge in [-0.3, -0.25) is 9.59 Å². The minimum absolute atomic E-state index is 0.0315. The Labute approximate surface area is 166 Å². The molecule has 0 aromatic rings. The third-order valence-electron chi connectivity index (χ3n) is 8.31. The monoisotopic (exact) mass is 388 g/mol. The van der Waals surface area contributed by atoms with Gasteiger partial charge in [-0.25, -0.2) is 0 Å². The maximum absolute atomic E-state index is 12.6. The first kappa shape index (κ1) is 20.0. The van der Waals surface area contributed by atoms with Crippen LogP contribution in [0.5, 0.6) is 0 Å². The minimum atomic E-state index is -0.915. The van der Waals surface area contributed by atoms with Gasteiger partial charge in [-0.15, -0.1) is 0 Å². The van der Waals surface area contributed by atoms with Gasteiger partial charge in [-0.1, -0.05) is 25.5 Å². The summed E-state index contributed by atoms with van der Waals surface area (Å²) in [6, 6.07) is 0.